The third-order valence-electron chi connectivity index (χ3n) is 5.22. The number of aryl methyl sites for hydroxylation is 1. The van der Waals surface area contributed by atoms with E-state index in [-0.39, 0.29) is 22.6 Å². The Bertz CT molecular complexity index is 1180. The van der Waals surface area contributed by atoms with Gasteiger partial charge in [0.05, 0.1) is 4.90 Å². The molecule has 1 aromatic carbocycles. The number of rotatable bonds is 4. The minimum atomic E-state index is -3.70. The van der Waals surface area contributed by atoms with Crippen LogP contribution in [0.15, 0.2) is 41.6 Å². The van der Waals surface area contributed by atoms with Gasteiger partial charge in [0.15, 0.2) is 5.78 Å². The zero-order chi connectivity index (χ0) is 20.1. The molecular weight excluding hydrogens is 374 g/mol. The Hall–Kier alpha value is -2.51. The van der Waals surface area contributed by atoms with Crippen LogP contribution in [0.25, 0.3) is 10.9 Å². The molecule has 0 saturated heterocycles. The van der Waals surface area contributed by atoms with E-state index in [0.717, 1.165) is 23.1 Å². The zero-order valence-corrected chi connectivity index (χ0v) is 17.0. The molecule has 3 aromatic rings. The number of nitrogens with one attached hydrogen (secondary N) is 2. The number of sulfonamides is 1. The lowest BCUT2D eigenvalue weighted by atomic mass is 9.76. The van der Waals surface area contributed by atoms with Gasteiger partial charge in [-0.25, -0.2) is 13.1 Å². The van der Waals surface area contributed by atoms with E-state index in [2.05, 4.69) is 28.5 Å². The number of ketones is 1. The standard InChI is InChI=1S/C21H23N3O3S/c1-13-7-15-16(24-17-9-21(2,3)10-18(25)20(15)17)8-19(13)28(26,27)23-12-14-5-4-6-22-11-14/h4-8,11,23-24H,9-10,12H2,1-3H3. The Morgan fingerprint density at radius 3 is 2.75 bits per heavy atom. The smallest absolute Gasteiger partial charge is 0.241 e. The number of H-pyrrole nitrogens is 1. The molecule has 0 spiro atoms. The second-order valence-corrected chi connectivity index (χ2v) is 10.0. The van der Waals surface area contributed by atoms with E-state index in [0.29, 0.717) is 23.1 Å². The van der Waals surface area contributed by atoms with E-state index in [1.807, 2.05) is 6.07 Å². The summed E-state index contributed by atoms with van der Waals surface area (Å²) < 4.78 is 28.4. The number of benzene rings is 1. The lowest BCUT2D eigenvalue weighted by molar-refractivity contribution is 0.0913. The molecule has 146 valence electrons. The van der Waals surface area contributed by atoms with Gasteiger partial charge in [-0.05, 0) is 48.1 Å². The summed E-state index contributed by atoms with van der Waals surface area (Å²) in [4.78, 5) is 20.2. The Balaban J connectivity index is 1.73. The summed E-state index contributed by atoms with van der Waals surface area (Å²) in [7, 11) is -3.70. The number of Topliss-reactive ketones (excluding diaryl/α,β-unsaturated/α-hetero) is 1. The molecular formula is C21H23N3O3S. The average molecular weight is 398 g/mol. The first-order valence-electron chi connectivity index (χ1n) is 9.23. The second-order valence-electron chi connectivity index (χ2n) is 8.27. The highest BCUT2D eigenvalue weighted by Crippen LogP contribution is 2.38. The van der Waals surface area contributed by atoms with E-state index in [1.165, 1.54) is 0 Å². The third kappa shape index (κ3) is 3.36. The average Bonchev–Trinajstić information content (AvgIpc) is 2.96. The minimum absolute atomic E-state index is 0.0970. The molecule has 4 rings (SSSR count). The maximum absolute atomic E-state index is 12.9. The number of fused-ring (bicyclic) bond motifs is 3. The number of hydrogen-bond acceptors (Lipinski definition) is 4. The number of hydrogen-bond donors (Lipinski definition) is 2. The third-order valence-corrected chi connectivity index (χ3v) is 6.77. The minimum Gasteiger partial charge on any atom is -0.358 e. The molecule has 0 saturated carbocycles. The highest BCUT2D eigenvalue weighted by Gasteiger charge is 2.34. The van der Waals surface area contributed by atoms with Crippen molar-refractivity contribution < 1.29 is 13.2 Å². The van der Waals surface area contributed by atoms with Crippen LogP contribution in [0, 0.1) is 12.3 Å². The first-order valence-corrected chi connectivity index (χ1v) is 10.7. The van der Waals surface area contributed by atoms with Crippen LogP contribution in [-0.4, -0.2) is 24.2 Å². The van der Waals surface area contributed by atoms with Gasteiger partial charge in [0.1, 0.15) is 0 Å². The van der Waals surface area contributed by atoms with Gasteiger partial charge >= 0.3 is 0 Å². The molecule has 1 aliphatic carbocycles. The number of pyridine rings is 1. The van der Waals surface area contributed by atoms with Crippen LogP contribution >= 0.6 is 0 Å². The normalized spacial score (nSPS) is 16.3. The molecule has 0 fully saturated rings. The van der Waals surface area contributed by atoms with Crippen molar-refractivity contribution in [3.63, 3.8) is 0 Å². The summed E-state index contributed by atoms with van der Waals surface area (Å²) in [6.07, 6.45) is 4.54. The largest absolute Gasteiger partial charge is 0.358 e. The van der Waals surface area contributed by atoms with Crippen molar-refractivity contribution >= 4 is 26.7 Å². The molecule has 2 heterocycles. The van der Waals surface area contributed by atoms with Gasteiger partial charge in [0, 0.05) is 47.5 Å². The topological polar surface area (TPSA) is 91.9 Å². The van der Waals surface area contributed by atoms with Crippen molar-refractivity contribution in [3.8, 4) is 0 Å². The fourth-order valence-corrected chi connectivity index (χ4v) is 5.22. The molecule has 2 aromatic heterocycles. The molecule has 0 bridgehead atoms. The molecule has 1 aliphatic rings. The first-order chi connectivity index (χ1) is 13.2. The van der Waals surface area contributed by atoms with Crippen molar-refractivity contribution in [2.24, 2.45) is 5.41 Å². The van der Waals surface area contributed by atoms with Crippen LogP contribution in [0.3, 0.4) is 0 Å². The predicted molar refractivity (Wildman–Crippen MR) is 108 cm³/mol. The summed E-state index contributed by atoms with van der Waals surface area (Å²) in [6.45, 7) is 6.07. The number of aromatic nitrogens is 2. The highest BCUT2D eigenvalue weighted by molar-refractivity contribution is 7.89. The summed E-state index contributed by atoms with van der Waals surface area (Å²) in [6, 6.07) is 7.02. The quantitative estimate of drug-likeness (QED) is 0.705. The maximum Gasteiger partial charge on any atom is 0.241 e. The summed E-state index contributed by atoms with van der Waals surface area (Å²) in [5.74, 6) is 0.113. The van der Waals surface area contributed by atoms with Crippen LogP contribution in [0.1, 0.15) is 47.4 Å². The van der Waals surface area contributed by atoms with Crippen LogP contribution < -0.4 is 4.72 Å². The summed E-state index contributed by atoms with van der Waals surface area (Å²) in [5.41, 5.74) is 3.60. The van der Waals surface area contributed by atoms with Gasteiger partial charge in [-0.3, -0.25) is 9.78 Å². The molecule has 28 heavy (non-hydrogen) atoms. The number of nitrogens with zero attached hydrogens (tertiary/aromatic N) is 1. The van der Waals surface area contributed by atoms with Crippen LogP contribution in [-0.2, 0) is 23.0 Å². The second kappa shape index (κ2) is 6.53. The van der Waals surface area contributed by atoms with Gasteiger partial charge < -0.3 is 4.98 Å². The Morgan fingerprint density at radius 2 is 2.04 bits per heavy atom. The number of carbonyl (C=O) groups excluding carboxylic acids is 1. The van der Waals surface area contributed by atoms with Crippen LogP contribution in [0.5, 0.6) is 0 Å². The Kier molecular flexibility index (Phi) is 4.39. The molecule has 0 radical (unpaired) electrons. The van der Waals surface area contributed by atoms with E-state index in [9.17, 15) is 13.2 Å². The van der Waals surface area contributed by atoms with Gasteiger partial charge in [-0.1, -0.05) is 19.9 Å². The molecule has 0 amide bonds. The molecule has 7 heteroatoms. The molecule has 0 atom stereocenters. The Morgan fingerprint density at radius 1 is 1.25 bits per heavy atom. The van der Waals surface area contributed by atoms with Gasteiger partial charge in [0.25, 0.3) is 0 Å². The van der Waals surface area contributed by atoms with Gasteiger partial charge in [0.2, 0.25) is 10.0 Å². The number of aromatic amines is 1. The maximum atomic E-state index is 12.9. The molecule has 0 aliphatic heterocycles. The lowest BCUT2D eigenvalue weighted by Crippen LogP contribution is -2.26. The first kappa shape index (κ1) is 18.8. The van der Waals surface area contributed by atoms with Crippen LogP contribution in [0.4, 0.5) is 0 Å². The fourth-order valence-electron chi connectivity index (χ4n) is 3.95. The van der Waals surface area contributed by atoms with Crippen molar-refractivity contribution in [1.82, 2.24) is 14.7 Å². The summed E-state index contributed by atoms with van der Waals surface area (Å²) in [5, 5.41) is 0.805. The van der Waals surface area contributed by atoms with Gasteiger partial charge in [-0.2, -0.15) is 0 Å². The predicted octanol–water partition coefficient (Wildman–Crippen LogP) is 3.50. The van der Waals surface area contributed by atoms with Crippen LogP contribution in [0.2, 0.25) is 0 Å². The number of carbonyl (C=O) groups is 1. The van der Waals surface area contributed by atoms with Crippen molar-refractivity contribution in [3.05, 3.63) is 59.0 Å². The Labute approximate surface area is 164 Å². The van der Waals surface area contributed by atoms with E-state index in [4.69, 9.17) is 0 Å². The van der Waals surface area contributed by atoms with E-state index >= 15 is 0 Å². The van der Waals surface area contributed by atoms with Crippen molar-refractivity contribution in [1.29, 1.82) is 0 Å². The van der Waals surface area contributed by atoms with Crippen molar-refractivity contribution in [2.45, 2.75) is 45.1 Å². The zero-order valence-electron chi connectivity index (χ0n) is 16.2. The SMILES string of the molecule is Cc1cc2c3c([nH]c2cc1S(=O)(=O)NCc1cccnc1)CC(C)(C)CC3=O. The molecule has 6 nitrogen and oxygen atoms in total. The van der Waals surface area contributed by atoms with Gasteiger partial charge in [-0.15, -0.1) is 0 Å². The van der Waals surface area contributed by atoms with Crippen molar-refractivity contribution in [2.75, 3.05) is 0 Å². The highest BCUT2D eigenvalue weighted by atomic mass is 32.2. The summed E-state index contributed by atoms with van der Waals surface area (Å²) >= 11 is 0. The van der Waals surface area contributed by atoms with E-state index < -0.39 is 10.0 Å². The fraction of sp³-hybridized carbons (Fsp3) is 0.333. The monoisotopic (exact) mass is 397 g/mol. The molecule has 0 unspecified atom stereocenters. The lowest BCUT2D eigenvalue weighted by Gasteiger charge is -2.28. The van der Waals surface area contributed by atoms with E-state index in [1.54, 1.807) is 37.5 Å². The molecule has 2 N–H and O–H groups in total.